The summed E-state index contributed by atoms with van der Waals surface area (Å²) in [6, 6.07) is 15.3. The van der Waals surface area contributed by atoms with Crippen LogP contribution >= 0.6 is 11.6 Å². The van der Waals surface area contributed by atoms with Crippen molar-refractivity contribution in [3.8, 4) is 0 Å². The van der Waals surface area contributed by atoms with E-state index in [0.717, 1.165) is 17.0 Å². The van der Waals surface area contributed by atoms with Crippen LogP contribution in [0.25, 0.3) is 0 Å². The van der Waals surface area contributed by atoms with E-state index >= 15 is 0 Å². The second-order valence-electron chi connectivity index (χ2n) is 4.28. The maximum Gasteiger partial charge on any atom is 0.0666 e. The van der Waals surface area contributed by atoms with Crippen molar-refractivity contribution in [2.75, 3.05) is 17.8 Å². The van der Waals surface area contributed by atoms with Gasteiger partial charge in [0.25, 0.3) is 0 Å². The molecule has 0 saturated carbocycles. The quantitative estimate of drug-likeness (QED) is 0.525. The third-order valence-corrected chi connectivity index (χ3v) is 3.14. The third kappa shape index (κ3) is 3.26. The van der Waals surface area contributed by atoms with E-state index in [1.54, 1.807) is 12.1 Å². The number of hydrogen-bond donors (Lipinski definition) is 1. The molecule has 0 aliphatic carbocycles. The van der Waals surface area contributed by atoms with Crippen molar-refractivity contribution in [2.45, 2.75) is 6.92 Å². The van der Waals surface area contributed by atoms with Crippen LogP contribution in [0.15, 0.2) is 53.6 Å². The normalized spacial score (nSPS) is 11.4. The Morgan fingerprint density at radius 3 is 2.53 bits per heavy atom. The van der Waals surface area contributed by atoms with Crippen LogP contribution in [0.1, 0.15) is 12.5 Å². The number of benzene rings is 2. The van der Waals surface area contributed by atoms with E-state index in [4.69, 9.17) is 17.3 Å². The van der Waals surface area contributed by atoms with Crippen molar-refractivity contribution < 1.29 is 0 Å². The first kappa shape index (κ1) is 13.4. The maximum atomic E-state index is 6.17. The SMILES string of the molecule is C/C(=N\N(C)c1ccccc1)c1cc(N)ccc1Cl. The van der Waals surface area contributed by atoms with E-state index in [1.165, 1.54) is 0 Å². The van der Waals surface area contributed by atoms with Gasteiger partial charge in [0.15, 0.2) is 0 Å². The lowest BCUT2D eigenvalue weighted by atomic mass is 10.1. The molecule has 2 aromatic rings. The van der Waals surface area contributed by atoms with Crippen LogP contribution in [-0.4, -0.2) is 12.8 Å². The molecule has 3 nitrogen and oxygen atoms in total. The van der Waals surface area contributed by atoms with Crippen LogP contribution in [0.3, 0.4) is 0 Å². The minimum absolute atomic E-state index is 0.650. The number of nitrogen functional groups attached to an aromatic ring is 1. The number of hydrogen-bond acceptors (Lipinski definition) is 3. The highest BCUT2D eigenvalue weighted by Crippen LogP contribution is 2.20. The average Bonchev–Trinajstić information content (AvgIpc) is 2.42. The van der Waals surface area contributed by atoms with Gasteiger partial charge in [-0.3, -0.25) is 5.01 Å². The van der Waals surface area contributed by atoms with Gasteiger partial charge in [-0.1, -0.05) is 29.8 Å². The topological polar surface area (TPSA) is 41.6 Å². The van der Waals surface area contributed by atoms with Gasteiger partial charge in [-0.15, -0.1) is 0 Å². The zero-order valence-electron chi connectivity index (χ0n) is 11.0. The first-order valence-corrected chi connectivity index (χ1v) is 6.35. The van der Waals surface area contributed by atoms with Crippen molar-refractivity contribution in [3.63, 3.8) is 0 Å². The summed E-state index contributed by atoms with van der Waals surface area (Å²) in [6.07, 6.45) is 0. The summed E-state index contributed by atoms with van der Waals surface area (Å²) in [4.78, 5) is 0. The predicted octanol–water partition coefficient (Wildman–Crippen LogP) is 3.78. The standard InChI is InChI=1S/C15H16ClN3/c1-11(14-10-12(17)8-9-15(14)16)18-19(2)13-6-4-3-5-7-13/h3-10H,17H2,1-2H3/b18-11+. The van der Waals surface area contributed by atoms with E-state index in [-0.39, 0.29) is 0 Å². The Morgan fingerprint density at radius 1 is 1.16 bits per heavy atom. The molecule has 0 heterocycles. The fraction of sp³-hybridized carbons (Fsp3) is 0.133. The lowest BCUT2D eigenvalue weighted by molar-refractivity contribution is 1.01. The highest BCUT2D eigenvalue weighted by atomic mass is 35.5. The molecule has 0 unspecified atom stereocenters. The number of nitrogens with zero attached hydrogens (tertiary/aromatic N) is 2. The van der Waals surface area contributed by atoms with E-state index in [0.29, 0.717) is 10.7 Å². The lowest BCUT2D eigenvalue weighted by Gasteiger charge is -2.15. The van der Waals surface area contributed by atoms with Crippen LogP contribution in [-0.2, 0) is 0 Å². The maximum absolute atomic E-state index is 6.17. The molecule has 0 fully saturated rings. The summed E-state index contributed by atoms with van der Waals surface area (Å²) in [5, 5.41) is 6.99. The Bertz CT molecular complexity index is 594. The first-order valence-electron chi connectivity index (χ1n) is 5.97. The van der Waals surface area contributed by atoms with Crippen molar-refractivity contribution >= 4 is 28.7 Å². The number of halogens is 1. The fourth-order valence-electron chi connectivity index (χ4n) is 1.80. The Hall–Kier alpha value is -2.00. The largest absolute Gasteiger partial charge is 0.399 e. The molecular formula is C15H16ClN3. The molecule has 0 aromatic heterocycles. The van der Waals surface area contributed by atoms with Gasteiger partial charge in [-0.05, 0) is 37.3 Å². The number of nitrogens with two attached hydrogens (primary N) is 1. The average molecular weight is 274 g/mol. The molecule has 2 rings (SSSR count). The molecule has 0 amide bonds. The third-order valence-electron chi connectivity index (χ3n) is 2.81. The van der Waals surface area contributed by atoms with Gasteiger partial charge in [0.05, 0.1) is 11.4 Å². The van der Waals surface area contributed by atoms with Crippen molar-refractivity contribution in [1.82, 2.24) is 0 Å². The molecule has 98 valence electrons. The summed E-state index contributed by atoms with van der Waals surface area (Å²) < 4.78 is 0. The molecular weight excluding hydrogens is 258 g/mol. The van der Waals surface area contributed by atoms with Gasteiger partial charge in [0.1, 0.15) is 0 Å². The first-order chi connectivity index (χ1) is 9.08. The zero-order valence-corrected chi connectivity index (χ0v) is 11.7. The van der Waals surface area contributed by atoms with Gasteiger partial charge in [-0.25, -0.2) is 0 Å². The van der Waals surface area contributed by atoms with E-state index < -0.39 is 0 Å². The van der Waals surface area contributed by atoms with E-state index in [2.05, 4.69) is 5.10 Å². The van der Waals surface area contributed by atoms with Crippen LogP contribution < -0.4 is 10.7 Å². The Balaban J connectivity index is 2.30. The van der Waals surface area contributed by atoms with Crippen LogP contribution in [0.4, 0.5) is 11.4 Å². The summed E-state index contributed by atoms with van der Waals surface area (Å²) in [7, 11) is 1.90. The van der Waals surface area contributed by atoms with Crippen molar-refractivity contribution in [2.24, 2.45) is 5.10 Å². The highest BCUT2D eigenvalue weighted by molar-refractivity contribution is 6.34. The van der Waals surface area contributed by atoms with E-state index in [1.807, 2.05) is 55.4 Å². The van der Waals surface area contributed by atoms with Crippen LogP contribution in [0.5, 0.6) is 0 Å². The summed E-state index contributed by atoms with van der Waals surface area (Å²) in [5.41, 5.74) is 9.15. The Kier molecular flexibility index (Phi) is 4.07. The number of hydrazone groups is 1. The summed E-state index contributed by atoms with van der Waals surface area (Å²) in [6.45, 7) is 1.92. The fourth-order valence-corrected chi connectivity index (χ4v) is 2.05. The number of para-hydroxylation sites is 1. The second kappa shape index (κ2) is 5.76. The monoisotopic (exact) mass is 273 g/mol. The molecule has 0 bridgehead atoms. The molecule has 0 radical (unpaired) electrons. The smallest absolute Gasteiger partial charge is 0.0666 e. The highest BCUT2D eigenvalue weighted by Gasteiger charge is 2.06. The number of anilines is 2. The van der Waals surface area contributed by atoms with Gasteiger partial charge in [0.2, 0.25) is 0 Å². The molecule has 0 aliphatic heterocycles. The molecule has 0 spiro atoms. The Labute approximate surface area is 118 Å². The lowest BCUT2D eigenvalue weighted by Crippen LogP contribution is -2.12. The zero-order chi connectivity index (χ0) is 13.8. The summed E-state index contributed by atoms with van der Waals surface area (Å²) >= 11 is 6.17. The number of rotatable bonds is 3. The molecule has 0 saturated heterocycles. The molecule has 2 N–H and O–H groups in total. The molecule has 0 atom stereocenters. The predicted molar refractivity (Wildman–Crippen MR) is 82.9 cm³/mol. The van der Waals surface area contributed by atoms with Gasteiger partial charge < -0.3 is 5.73 Å². The minimum Gasteiger partial charge on any atom is -0.399 e. The molecule has 0 aliphatic rings. The van der Waals surface area contributed by atoms with E-state index in [9.17, 15) is 0 Å². The Morgan fingerprint density at radius 2 is 1.84 bits per heavy atom. The van der Waals surface area contributed by atoms with Crippen LogP contribution in [0.2, 0.25) is 5.02 Å². The van der Waals surface area contributed by atoms with Crippen LogP contribution in [0, 0.1) is 0 Å². The molecule has 4 heteroatoms. The second-order valence-corrected chi connectivity index (χ2v) is 4.69. The summed E-state index contributed by atoms with van der Waals surface area (Å²) in [5.74, 6) is 0. The van der Waals surface area contributed by atoms with Crippen molar-refractivity contribution in [3.05, 3.63) is 59.1 Å². The van der Waals surface area contributed by atoms with Gasteiger partial charge in [-0.2, -0.15) is 5.10 Å². The molecule has 19 heavy (non-hydrogen) atoms. The van der Waals surface area contributed by atoms with Crippen molar-refractivity contribution in [1.29, 1.82) is 0 Å². The van der Waals surface area contributed by atoms with Gasteiger partial charge >= 0.3 is 0 Å². The molecule has 2 aromatic carbocycles. The van der Waals surface area contributed by atoms with Gasteiger partial charge in [0, 0.05) is 23.3 Å². The minimum atomic E-state index is 0.650.